The van der Waals surface area contributed by atoms with Gasteiger partial charge in [0.2, 0.25) is 0 Å². The third-order valence-electron chi connectivity index (χ3n) is 5.22. The molecule has 2 aromatic rings. The fraction of sp³-hybridized carbons (Fsp3) is 0.409. The maximum absolute atomic E-state index is 12.7. The van der Waals surface area contributed by atoms with Crippen molar-refractivity contribution in [3.63, 3.8) is 0 Å². The fourth-order valence-corrected chi connectivity index (χ4v) is 3.64. The minimum Gasteiger partial charge on any atom is -0.494 e. The van der Waals surface area contributed by atoms with E-state index in [1.165, 1.54) is 0 Å². The number of aliphatic hydroxyl groups excluding tert-OH is 1. The van der Waals surface area contributed by atoms with Gasteiger partial charge in [0.25, 0.3) is 0 Å². The summed E-state index contributed by atoms with van der Waals surface area (Å²) in [6.45, 7) is 6.61. The third-order valence-corrected chi connectivity index (χ3v) is 5.22. The van der Waals surface area contributed by atoms with Crippen molar-refractivity contribution in [1.29, 1.82) is 0 Å². The van der Waals surface area contributed by atoms with Gasteiger partial charge >= 0.3 is 6.03 Å². The highest BCUT2D eigenvalue weighted by Gasteiger charge is 2.32. The lowest BCUT2D eigenvalue weighted by Gasteiger charge is -2.24. The Hall–Kier alpha value is -2.57. The van der Waals surface area contributed by atoms with E-state index in [9.17, 15) is 9.90 Å². The van der Waals surface area contributed by atoms with Crippen molar-refractivity contribution in [2.75, 3.05) is 12.4 Å². The molecule has 6 nitrogen and oxygen atoms in total. The van der Waals surface area contributed by atoms with E-state index < -0.39 is 6.10 Å². The molecule has 0 aromatic heterocycles. The number of carbonyl (C=O) groups is 1. The monoisotopic (exact) mass is 383 g/mol. The first-order valence-corrected chi connectivity index (χ1v) is 9.49. The van der Waals surface area contributed by atoms with Gasteiger partial charge < -0.3 is 26.2 Å². The molecule has 0 heterocycles. The maximum atomic E-state index is 12.7. The summed E-state index contributed by atoms with van der Waals surface area (Å²) in [5, 5.41) is 16.3. The zero-order valence-electron chi connectivity index (χ0n) is 16.9. The standard InChI is InChI=1S/C22H29N3O3/c1-22(2,3)15-9-14(12-23)20(28-4)18(11-15)25-21(27)24-17-10-13-7-5-6-8-16(13)19(17)26/h5-9,11,17,19,26H,10,12,23H2,1-4H3,(H2,24,25,27). The van der Waals surface area contributed by atoms with Gasteiger partial charge in [0.1, 0.15) is 5.75 Å². The Morgan fingerprint density at radius 3 is 2.61 bits per heavy atom. The largest absolute Gasteiger partial charge is 0.494 e. The van der Waals surface area contributed by atoms with Gasteiger partial charge in [0.05, 0.1) is 24.9 Å². The fourth-order valence-electron chi connectivity index (χ4n) is 3.64. The second-order valence-electron chi connectivity index (χ2n) is 8.22. The molecule has 1 aliphatic carbocycles. The van der Waals surface area contributed by atoms with Crippen molar-refractivity contribution >= 4 is 11.7 Å². The van der Waals surface area contributed by atoms with Crippen LogP contribution in [-0.4, -0.2) is 24.3 Å². The topological polar surface area (TPSA) is 96.6 Å². The molecule has 0 aliphatic heterocycles. The smallest absolute Gasteiger partial charge is 0.319 e. The Morgan fingerprint density at radius 2 is 2.00 bits per heavy atom. The Bertz CT molecular complexity index is 874. The molecule has 5 N–H and O–H groups in total. The minimum absolute atomic E-state index is 0.105. The van der Waals surface area contributed by atoms with E-state index in [2.05, 4.69) is 31.4 Å². The molecule has 0 bridgehead atoms. The summed E-state index contributed by atoms with van der Waals surface area (Å²) in [6.07, 6.45) is -0.123. The Kier molecular flexibility index (Phi) is 5.63. The number of anilines is 1. The molecule has 0 spiro atoms. The van der Waals surface area contributed by atoms with Crippen LogP contribution in [0.25, 0.3) is 0 Å². The van der Waals surface area contributed by atoms with Crippen LogP contribution in [0.2, 0.25) is 0 Å². The van der Waals surface area contributed by atoms with Crippen molar-refractivity contribution in [3.05, 3.63) is 58.7 Å². The van der Waals surface area contributed by atoms with Crippen LogP contribution in [0.5, 0.6) is 5.75 Å². The number of carbonyl (C=O) groups excluding carboxylic acids is 1. The number of hydrogen-bond donors (Lipinski definition) is 4. The summed E-state index contributed by atoms with van der Waals surface area (Å²) < 4.78 is 5.51. The van der Waals surface area contributed by atoms with Gasteiger partial charge in [-0.15, -0.1) is 0 Å². The number of fused-ring (bicyclic) bond motifs is 1. The summed E-state index contributed by atoms with van der Waals surface area (Å²) in [7, 11) is 1.56. The van der Waals surface area contributed by atoms with Gasteiger partial charge in [-0.25, -0.2) is 4.79 Å². The number of urea groups is 1. The molecule has 0 fully saturated rings. The number of hydrogen-bond acceptors (Lipinski definition) is 4. The lowest BCUT2D eigenvalue weighted by Crippen LogP contribution is -2.40. The van der Waals surface area contributed by atoms with Crippen molar-refractivity contribution in [1.82, 2.24) is 5.32 Å². The zero-order chi connectivity index (χ0) is 20.5. The SMILES string of the molecule is COc1c(CN)cc(C(C)(C)C)cc1NC(=O)NC1Cc2ccccc2C1O. The van der Waals surface area contributed by atoms with E-state index in [1.807, 2.05) is 36.4 Å². The molecule has 6 heteroatoms. The normalized spacial score (nSPS) is 18.5. The third kappa shape index (κ3) is 3.98. The Balaban J connectivity index is 1.80. The van der Waals surface area contributed by atoms with Crippen molar-refractivity contribution < 1.29 is 14.6 Å². The molecule has 2 unspecified atom stereocenters. The number of methoxy groups -OCH3 is 1. The number of aliphatic hydroxyl groups is 1. The molecule has 0 saturated heterocycles. The lowest BCUT2D eigenvalue weighted by molar-refractivity contribution is 0.145. The van der Waals surface area contributed by atoms with Crippen molar-refractivity contribution in [2.24, 2.45) is 5.73 Å². The van der Waals surface area contributed by atoms with E-state index in [0.717, 1.165) is 22.3 Å². The summed E-state index contributed by atoms with van der Waals surface area (Å²) in [6, 6.07) is 10.9. The molecule has 2 aromatic carbocycles. The predicted molar refractivity (Wildman–Crippen MR) is 111 cm³/mol. The molecule has 2 amide bonds. The number of nitrogens with two attached hydrogens (primary N) is 1. The van der Waals surface area contributed by atoms with Crippen LogP contribution in [0.4, 0.5) is 10.5 Å². The average molecular weight is 383 g/mol. The first-order valence-electron chi connectivity index (χ1n) is 9.49. The van der Waals surface area contributed by atoms with Gasteiger partial charge in [-0.2, -0.15) is 0 Å². The molecular weight excluding hydrogens is 354 g/mol. The van der Waals surface area contributed by atoms with E-state index in [1.54, 1.807) is 7.11 Å². The van der Waals surface area contributed by atoms with Crippen molar-refractivity contribution in [3.8, 4) is 5.75 Å². The molecular formula is C22H29N3O3. The summed E-state index contributed by atoms with van der Waals surface area (Å²) in [4.78, 5) is 12.7. The number of nitrogens with one attached hydrogen (secondary N) is 2. The van der Waals surface area contributed by atoms with Crippen LogP contribution >= 0.6 is 0 Å². The second-order valence-corrected chi connectivity index (χ2v) is 8.22. The van der Waals surface area contributed by atoms with Crippen LogP contribution in [0.15, 0.2) is 36.4 Å². The molecule has 1 aliphatic rings. The predicted octanol–water partition coefficient (Wildman–Crippen LogP) is 3.23. The first kappa shape index (κ1) is 20.2. The van der Waals surface area contributed by atoms with E-state index in [4.69, 9.17) is 10.5 Å². The lowest BCUT2D eigenvalue weighted by atomic mass is 9.85. The van der Waals surface area contributed by atoms with Gasteiger partial charge in [-0.05, 0) is 34.6 Å². The summed E-state index contributed by atoms with van der Waals surface area (Å²) in [5.41, 5.74) is 10.2. The Labute approximate surface area is 166 Å². The highest BCUT2D eigenvalue weighted by molar-refractivity contribution is 5.92. The maximum Gasteiger partial charge on any atom is 0.319 e. The highest BCUT2D eigenvalue weighted by Crippen LogP contribution is 2.35. The molecule has 0 saturated carbocycles. The minimum atomic E-state index is -0.718. The number of rotatable bonds is 4. The molecule has 150 valence electrons. The van der Waals surface area contributed by atoms with Crippen molar-refractivity contribution in [2.45, 2.75) is 51.3 Å². The number of ether oxygens (including phenoxy) is 1. The zero-order valence-corrected chi connectivity index (χ0v) is 16.9. The summed E-state index contributed by atoms with van der Waals surface area (Å²) in [5.74, 6) is 0.556. The van der Waals surface area contributed by atoms with Crippen LogP contribution in [0.1, 0.15) is 49.1 Å². The average Bonchev–Trinajstić information content (AvgIpc) is 2.96. The highest BCUT2D eigenvalue weighted by atomic mass is 16.5. The van der Waals surface area contributed by atoms with Crippen LogP contribution in [0, 0.1) is 0 Å². The first-order chi connectivity index (χ1) is 13.2. The van der Waals surface area contributed by atoms with Crippen LogP contribution < -0.4 is 21.1 Å². The Morgan fingerprint density at radius 1 is 1.29 bits per heavy atom. The van der Waals surface area contributed by atoms with E-state index in [0.29, 0.717) is 24.4 Å². The molecule has 0 radical (unpaired) electrons. The van der Waals surface area contributed by atoms with Gasteiger partial charge in [-0.1, -0.05) is 51.1 Å². The van der Waals surface area contributed by atoms with E-state index >= 15 is 0 Å². The summed E-state index contributed by atoms with van der Waals surface area (Å²) >= 11 is 0. The second kappa shape index (κ2) is 7.81. The molecule has 28 heavy (non-hydrogen) atoms. The molecule has 2 atom stereocenters. The van der Waals surface area contributed by atoms with Crippen LogP contribution in [0.3, 0.4) is 0 Å². The van der Waals surface area contributed by atoms with E-state index in [-0.39, 0.29) is 17.5 Å². The molecule has 3 rings (SSSR count). The quantitative estimate of drug-likeness (QED) is 0.652. The van der Waals surface area contributed by atoms with Gasteiger partial charge in [0, 0.05) is 12.1 Å². The van der Waals surface area contributed by atoms with Crippen LogP contribution in [-0.2, 0) is 18.4 Å². The number of benzene rings is 2. The van der Waals surface area contributed by atoms with Gasteiger partial charge in [-0.3, -0.25) is 0 Å². The van der Waals surface area contributed by atoms with Gasteiger partial charge in [0.15, 0.2) is 0 Å². The number of amides is 2.